The lowest BCUT2D eigenvalue weighted by Crippen LogP contribution is -2.08. The minimum Gasteiger partial charge on any atom is -0.387 e. The van der Waals surface area contributed by atoms with E-state index in [1.807, 2.05) is 0 Å². The summed E-state index contributed by atoms with van der Waals surface area (Å²) in [6.45, 7) is 0. The van der Waals surface area contributed by atoms with Crippen molar-refractivity contribution in [1.82, 2.24) is 0 Å². The Balaban J connectivity index is 2.75. The lowest BCUT2D eigenvalue weighted by molar-refractivity contribution is -0.387. The summed E-state index contributed by atoms with van der Waals surface area (Å²) >= 11 is 5.84. The van der Waals surface area contributed by atoms with Crippen LogP contribution in [0.1, 0.15) is 0 Å². The van der Waals surface area contributed by atoms with Gasteiger partial charge in [-0.05, 0) is 24.3 Å². The zero-order chi connectivity index (χ0) is 15.6. The molecule has 0 bridgehead atoms. The Morgan fingerprint density at radius 3 is 2.43 bits per heavy atom. The molecule has 0 saturated carbocycles. The number of hydrogen-bond acceptors (Lipinski definition) is 5. The van der Waals surface area contributed by atoms with E-state index in [1.165, 1.54) is 36.4 Å². The van der Waals surface area contributed by atoms with Gasteiger partial charge in [0.1, 0.15) is 4.90 Å². The highest BCUT2D eigenvalue weighted by Gasteiger charge is 2.29. The SMILES string of the molecule is CNc1ccc(Cl)cc1S(=O)(=O)c1ccccc1[N+](=O)[O-]. The van der Waals surface area contributed by atoms with Crippen molar-refractivity contribution >= 4 is 32.8 Å². The third-order valence-corrected chi connectivity index (χ3v) is 4.93. The fourth-order valence-electron chi connectivity index (χ4n) is 1.88. The van der Waals surface area contributed by atoms with Crippen LogP contribution in [0.15, 0.2) is 52.3 Å². The number of anilines is 1. The van der Waals surface area contributed by atoms with E-state index < -0.39 is 20.4 Å². The van der Waals surface area contributed by atoms with E-state index in [2.05, 4.69) is 5.32 Å². The van der Waals surface area contributed by atoms with Crippen LogP contribution < -0.4 is 5.32 Å². The van der Waals surface area contributed by atoms with Gasteiger partial charge in [-0.1, -0.05) is 23.7 Å². The number of para-hydroxylation sites is 1. The number of nitrogens with zero attached hydrogens (tertiary/aromatic N) is 1. The Morgan fingerprint density at radius 1 is 1.14 bits per heavy atom. The molecule has 0 aliphatic carbocycles. The van der Waals surface area contributed by atoms with E-state index in [4.69, 9.17) is 11.6 Å². The van der Waals surface area contributed by atoms with Crippen LogP contribution in [-0.4, -0.2) is 20.4 Å². The summed E-state index contributed by atoms with van der Waals surface area (Å²) < 4.78 is 25.4. The quantitative estimate of drug-likeness (QED) is 0.688. The third-order valence-electron chi connectivity index (χ3n) is 2.85. The van der Waals surface area contributed by atoms with Gasteiger partial charge in [-0.15, -0.1) is 0 Å². The largest absolute Gasteiger partial charge is 0.387 e. The molecule has 0 spiro atoms. The first-order valence-corrected chi connectivity index (χ1v) is 7.70. The van der Waals surface area contributed by atoms with Gasteiger partial charge in [0, 0.05) is 18.1 Å². The molecule has 8 heteroatoms. The lowest BCUT2D eigenvalue weighted by Gasteiger charge is -2.11. The second-order valence-corrected chi connectivity index (χ2v) is 6.44. The molecule has 0 fully saturated rings. The molecule has 110 valence electrons. The highest BCUT2D eigenvalue weighted by molar-refractivity contribution is 7.91. The Labute approximate surface area is 126 Å². The van der Waals surface area contributed by atoms with Crippen LogP contribution in [0, 0.1) is 10.1 Å². The van der Waals surface area contributed by atoms with Gasteiger partial charge in [-0.2, -0.15) is 0 Å². The van der Waals surface area contributed by atoms with E-state index in [1.54, 1.807) is 7.05 Å². The van der Waals surface area contributed by atoms with Crippen LogP contribution in [0.4, 0.5) is 11.4 Å². The first-order valence-electron chi connectivity index (χ1n) is 5.83. The number of hydrogen-bond donors (Lipinski definition) is 1. The highest BCUT2D eigenvalue weighted by atomic mass is 35.5. The zero-order valence-electron chi connectivity index (χ0n) is 10.9. The molecule has 0 saturated heterocycles. The number of rotatable bonds is 4. The molecule has 0 aliphatic heterocycles. The Kier molecular flexibility index (Phi) is 4.15. The zero-order valence-corrected chi connectivity index (χ0v) is 12.5. The second kappa shape index (κ2) is 5.71. The summed E-state index contributed by atoms with van der Waals surface area (Å²) in [5.41, 5.74) is -0.155. The Hall–Kier alpha value is -2.12. The first-order chi connectivity index (χ1) is 9.87. The van der Waals surface area contributed by atoms with E-state index in [0.717, 1.165) is 6.07 Å². The minimum absolute atomic E-state index is 0.105. The van der Waals surface area contributed by atoms with Gasteiger partial charge >= 0.3 is 0 Å². The van der Waals surface area contributed by atoms with Crippen LogP contribution in [0.5, 0.6) is 0 Å². The summed E-state index contributed by atoms with van der Waals surface area (Å²) in [5, 5.41) is 14.0. The maximum absolute atomic E-state index is 12.7. The van der Waals surface area contributed by atoms with Crippen molar-refractivity contribution in [2.75, 3.05) is 12.4 Å². The number of nitro groups is 1. The smallest absolute Gasteiger partial charge is 0.288 e. The van der Waals surface area contributed by atoms with Crippen molar-refractivity contribution in [2.24, 2.45) is 0 Å². The van der Waals surface area contributed by atoms with E-state index >= 15 is 0 Å². The van der Waals surface area contributed by atoms with Gasteiger partial charge in [0.2, 0.25) is 9.84 Å². The third kappa shape index (κ3) is 2.84. The molecule has 0 aromatic heterocycles. The molecule has 0 radical (unpaired) electrons. The molecule has 2 aromatic carbocycles. The molecule has 2 rings (SSSR count). The normalized spacial score (nSPS) is 11.1. The van der Waals surface area contributed by atoms with Crippen LogP contribution >= 0.6 is 11.6 Å². The van der Waals surface area contributed by atoms with Crippen molar-refractivity contribution in [3.05, 3.63) is 57.6 Å². The number of nitro benzene ring substituents is 1. The number of sulfone groups is 1. The van der Waals surface area contributed by atoms with Crippen molar-refractivity contribution < 1.29 is 13.3 Å². The highest BCUT2D eigenvalue weighted by Crippen LogP contribution is 2.34. The molecule has 0 heterocycles. The molecule has 21 heavy (non-hydrogen) atoms. The maximum Gasteiger partial charge on any atom is 0.288 e. The van der Waals surface area contributed by atoms with Gasteiger partial charge in [0.25, 0.3) is 5.69 Å². The average Bonchev–Trinajstić information content (AvgIpc) is 2.47. The predicted octanol–water partition coefficient (Wildman–Crippen LogP) is 3.12. The van der Waals surface area contributed by atoms with E-state index in [9.17, 15) is 18.5 Å². The Morgan fingerprint density at radius 2 is 1.81 bits per heavy atom. The minimum atomic E-state index is -4.07. The fourth-order valence-corrected chi connectivity index (χ4v) is 3.77. The van der Waals surface area contributed by atoms with Crippen molar-refractivity contribution in [1.29, 1.82) is 0 Å². The van der Waals surface area contributed by atoms with Gasteiger partial charge in [0.05, 0.1) is 15.5 Å². The number of halogens is 1. The summed E-state index contributed by atoms with van der Waals surface area (Å²) in [6, 6.07) is 9.50. The van der Waals surface area contributed by atoms with Gasteiger partial charge in [-0.3, -0.25) is 10.1 Å². The van der Waals surface area contributed by atoms with Crippen molar-refractivity contribution in [2.45, 2.75) is 9.79 Å². The second-order valence-electron chi connectivity index (χ2n) is 4.12. The van der Waals surface area contributed by atoms with Crippen LogP contribution in [0.25, 0.3) is 0 Å². The van der Waals surface area contributed by atoms with Crippen LogP contribution in [-0.2, 0) is 9.84 Å². The molecule has 2 aromatic rings. The molecule has 6 nitrogen and oxygen atoms in total. The van der Waals surface area contributed by atoms with Gasteiger partial charge in [-0.25, -0.2) is 8.42 Å². The lowest BCUT2D eigenvalue weighted by atomic mass is 10.3. The van der Waals surface area contributed by atoms with Gasteiger partial charge in [0.15, 0.2) is 0 Å². The summed E-state index contributed by atoms with van der Waals surface area (Å²) in [6.07, 6.45) is 0. The monoisotopic (exact) mass is 326 g/mol. The molecule has 0 atom stereocenters. The first kappa shape index (κ1) is 15.3. The molecule has 0 aliphatic rings. The van der Waals surface area contributed by atoms with Crippen LogP contribution in [0.3, 0.4) is 0 Å². The number of benzene rings is 2. The van der Waals surface area contributed by atoms with Crippen LogP contribution in [0.2, 0.25) is 5.02 Å². The fraction of sp³-hybridized carbons (Fsp3) is 0.0769. The summed E-state index contributed by atoms with van der Waals surface area (Å²) in [7, 11) is -2.51. The van der Waals surface area contributed by atoms with E-state index in [-0.39, 0.29) is 14.8 Å². The maximum atomic E-state index is 12.7. The topological polar surface area (TPSA) is 89.3 Å². The van der Waals surface area contributed by atoms with Gasteiger partial charge < -0.3 is 5.32 Å². The van der Waals surface area contributed by atoms with Crippen molar-refractivity contribution in [3.63, 3.8) is 0 Å². The molecular formula is C13H11ClN2O4S. The number of nitrogens with one attached hydrogen (secondary N) is 1. The summed E-state index contributed by atoms with van der Waals surface area (Å²) in [5.74, 6) is 0. The molecule has 0 unspecified atom stereocenters. The molecular weight excluding hydrogens is 316 g/mol. The Bertz CT molecular complexity index is 806. The predicted molar refractivity (Wildman–Crippen MR) is 79.5 cm³/mol. The standard InChI is InChI=1S/C13H11ClN2O4S/c1-15-10-7-6-9(14)8-13(10)21(19,20)12-5-3-2-4-11(12)16(17)18/h2-8,15H,1H3. The summed E-state index contributed by atoms with van der Waals surface area (Å²) in [4.78, 5) is 9.82. The molecule has 0 amide bonds. The molecule has 1 N–H and O–H groups in total. The van der Waals surface area contributed by atoms with Crippen molar-refractivity contribution in [3.8, 4) is 0 Å². The average molecular weight is 327 g/mol. The van der Waals surface area contributed by atoms with E-state index in [0.29, 0.717) is 5.69 Å².